The number of amides is 2. The van der Waals surface area contributed by atoms with Crippen LogP contribution in [0.2, 0.25) is 0 Å². The van der Waals surface area contributed by atoms with Crippen molar-refractivity contribution >= 4 is 39.4 Å². The number of hydrogen-bond acceptors (Lipinski definition) is 8. The fourth-order valence-electron chi connectivity index (χ4n) is 9.09. The van der Waals surface area contributed by atoms with E-state index in [2.05, 4.69) is 49.5 Å². The Kier molecular flexibility index (Phi) is 14.1. The molecule has 8 rings (SSSR count). The Morgan fingerprint density at radius 2 is 1.06 bits per heavy atom. The SMILES string of the molecule is COc1ccc(C(C)=O)cc1CCN1CCC(n2ccc3ccc(C(N)=O)cc32)CC1.COc1ccc(C(C)O)cc1CCN1CCC(n2ccc3ccc(C(N)=O)cc32)CC1. The van der Waals surface area contributed by atoms with Gasteiger partial charge in [-0.25, -0.2) is 0 Å². The lowest BCUT2D eigenvalue weighted by atomic mass is 10.0. The van der Waals surface area contributed by atoms with Gasteiger partial charge in [-0.3, -0.25) is 14.4 Å². The predicted octanol–water partition coefficient (Wildman–Crippen LogP) is 7.51. The number of likely N-dealkylation sites (tertiary alicyclic amines) is 2. The van der Waals surface area contributed by atoms with E-state index < -0.39 is 12.0 Å². The molecule has 326 valence electrons. The summed E-state index contributed by atoms with van der Waals surface area (Å²) in [5.74, 6) is 1.00. The summed E-state index contributed by atoms with van der Waals surface area (Å²) in [6.07, 6.45) is 9.74. The van der Waals surface area contributed by atoms with E-state index in [0.29, 0.717) is 23.2 Å². The molecule has 62 heavy (non-hydrogen) atoms. The lowest BCUT2D eigenvalue weighted by Gasteiger charge is -2.33. The third-order valence-electron chi connectivity index (χ3n) is 12.8. The van der Waals surface area contributed by atoms with Crippen molar-refractivity contribution in [3.63, 3.8) is 0 Å². The van der Waals surface area contributed by atoms with Crippen LogP contribution in [0.25, 0.3) is 21.8 Å². The van der Waals surface area contributed by atoms with Crippen molar-refractivity contribution < 1.29 is 29.0 Å². The van der Waals surface area contributed by atoms with Gasteiger partial charge in [-0.1, -0.05) is 18.2 Å². The largest absolute Gasteiger partial charge is 0.496 e. The lowest BCUT2D eigenvalue weighted by molar-refractivity contribution is 0.0992. The van der Waals surface area contributed by atoms with Crippen LogP contribution in [0, 0.1) is 0 Å². The fraction of sp³-hybridized carbons (Fsp3) is 0.380. The number of carbonyl (C=O) groups excluding carboxylic acids is 3. The fourth-order valence-corrected chi connectivity index (χ4v) is 9.09. The van der Waals surface area contributed by atoms with Gasteiger partial charge in [-0.05, 0) is 147 Å². The van der Waals surface area contributed by atoms with Crippen molar-refractivity contribution in [3.8, 4) is 11.5 Å². The number of piperidine rings is 2. The molecule has 12 nitrogen and oxygen atoms in total. The Labute approximate surface area is 364 Å². The molecule has 0 spiro atoms. The predicted molar refractivity (Wildman–Crippen MR) is 244 cm³/mol. The molecule has 1 unspecified atom stereocenters. The van der Waals surface area contributed by atoms with Crippen molar-refractivity contribution in [2.75, 3.05) is 53.5 Å². The van der Waals surface area contributed by atoms with E-state index >= 15 is 0 Å². The number of primary amides is 2. The zero-order chi connectivity index (χ0) is 43.9. The van der Waals surface area contributed by atoms with Crippen molar-refractivity contribution in [1.29, 1.82) is 0 Å². The van der Waals surface area contributed by atoms with Crippen LogP contribution >= 0.6 is 0 Å². The van der Waals surface area contributed by atoms with Crippen molar-refractivity contribution in [1.82, 2.24) is 18.9 Å². The molecule has 4 heterocycles. The number of aromatic nitrogens is 2. The number of nitrogens with two attached hydrogens (primary N) is 2. The molecule has 4 aromatic carbocycles. The summed E-state index contributed by atoms with van der Waals surface area (Å²) in [4.78, 5) is 39.8. The van der Waals surface area contributed by atoms with E-state index in [1.54, 1.807) is 40.2 Å². The van der Waals surface area contributed by atoms with Gasteiger partial charge < -0.3 is 45.0 Å². The molecule has 2 aliphatic rings. The number of benzene rings is 4. The number of hydrogen-bond donors (Lipinski definition) is 3. The van der Waals surface area contributed by atoms with Crippen LogP contribution in [0.1, 0.15) is 105 Å². The second kappa shape index (κ2) is 19.8. The van der Waals surface area contributed by atoms with Crippen LogP contribution in [0.4, 0.5) is 0 Å². The average molecular weight is 841 g/mol. The second-order valence-corrected chi connectivity index (χ2v) is 16.7. The number of nitrogens with zero attached hydrogens (tertiary/aromatic N) is 4. The van der Waals surface area contributed by atoms with Gasteiger partial charge in [0.05, 0.1) is 20.3 Å². The van der Waals surface area contributed by atoms with Gasteiger partial charge in [0.2, 0.25) is 11.8 Å². The van der Waals surface area contributed by atoms with Gasteiger partial charge in [0.1, 0.15) is 11.5 Å². The molecule has 2 aliphatic heterocycles. The summed E-state index contributed by atoms with van der Waals surface area (Å²) >= 11 is 0. The van der Waals surface area contributed by atoms with Gasteiger partial charge in [-0.2, -0.15) is 0 Å². The number of fused-ring (bicyclic) bond motifs is 2. The summed E-state index contributed by atoms with van der Waals surface area (Å²) in [6.45, 7) is 9.34. The summed E-state index contributed by atoms with van der Waals surface area (Å²) in [6, 6.07) is 27.9. The zero-order valence-electron chi connectivity index (χ0n) is 36.4. The van der Waals surface area contributed by atoms with Gasteiger partial charge in [0.25, 0.3) is 0 Å². The van der Waals surface area contributed by atoms with Crippen molar-refractivity contribution in [2.45, 2.75) is 70.6 Å². The molecule has 1 atom stereocenters. The smallest absolute Gasteiger partial charge is 0.248 e. The Morgan fingerprint density at radius 1 is 0.629 bits per heavy atom. The maximum atomic E-state index is 11.7. The van der Waals surface area contributed by atoms with Crippen LogP contribution in [0.15, 0.2) is 97.3 Å². The number of rotatable bonds is 14. The normalized spacial score (nSPS) is 15.9. The highest BCUT2D eigenvalue weighted by Crippen LogP contribution is 2.31. The minimum atomic E-state index is -0.480. The second-order valence-electron chi connectivity index (χ2n) is 16.7. The molecule has 2 saturated heterocycles. The molecule has 6 aromatic rings. The number of aliphatic hydroxyl groups excluding tert-OH is 1. The average Bonchev–Trinajstić information content (AvgIpc) is 3.92. The highest BCUT2D eigenvalue weighted by molar-refractivity contribution is 5.98. The van der Waals surface area contributed by atoms with E-state index in [4.69, 9.17) is 20.9 Å². The number of Topliss-reactive ketones (excluding diaryl/α,β-unsaturated/α-hetero) is 1. The molecular weight excluding hydrogens is 781 g/mol. The van der Waals surface area contributed by atoms with Gasteiger partial charge in [0, 0.05) is 91.5 Å². The highest BCUT2D eigenvalue weighted by Gasteiger charge is 2.24. The first-order valence-corrected chi connectivity index (χ1v) is 21.7. The summed E-state index contributed by atoms with van der Waals surface area (Å²) in [7, 11) is 3.36. The molecule has 2 aromatic heterocycles. The molecule has 0 radical (unpaired) electrons. The first kappa shape index (κ1) is 44.1. The zero-order valence-corrected chi connectivity index (χ0v) is 36.4. The number of ketones is 1. The summed E-state index contributed by atoms with van der Waals surface area (Å²) in [5, 5.41) is 12.2. The van der Waals surface area contributed by atoms with E-state index in [1.807, 2.05) is 54.6 Å². The molecule has 12 heteroatoms. The maximum Gasteiger partial charge on any atom is 0.248 e. The number of ether oxygens (including phenoxy) is 2. The topological polar surface area (TPSA) is 158 Å². The van der Waals surface area contributed by atoms with E-state index in [0.717, 1.165) is 133 Å². The lowest BCUT2D eigenvalue weighted by Crippen LogP contribution is -2.35. The standard InChI is InChI=1S/C25H31N3O3.C25H29N3O3/c2*1-17(29)19-5-6-24(31-2)20(15-19)7-11-27-12-9-22(10-13-27)28-14-8-18-3-4-21(25(26)30)16-23(18)28/h3-6,8,14-17,22,29H,7,9-13H2,1-2H3,(H2,26,30);3-6,8,14-16,22H,7,9-13H2,1-2H3,(H2,26,30). The van der Waals surface area contributed by atoms with E-state index in [9.17, 15) is 19.5 Å². The minimum Gasteiger partial charge on any atom is -0.496 e. The van der Waals surface area contributed by atoms with Gasteiger partial charge in [-0.15, -0.1) is 0 Å². The Hall–Kier alpha value is -5.95. The Balaban J connectivity index is 0.000000186. The Morgan fingerprint density at radius 3 is 1.48 bits per heavy atom. The van der Waals surface area contributed by atoms with Crippen molar-refractivity contribution in [3.05, 3.63) is 131 Å². The molecule has 2 amide bonds. The van der Waals surface area contributed by atoms with E-state index in [1.165, 1.54) is 0 Å². The first-order chi connectivity index (χ1) is 29.9. The third kappa shape index (κ3) is 10.2. The summed E-state index contributed by atoms with van der Waals surface area (Å²) in [5.41, 5.74) is 18.0. The Bertz CT molecular complexity index is 2520. The molecular formula is C50H60N6O6. The molecule has 5 N–H and O–H groups in total. The number of carbonyl (C=O) groups is 3. The third-order valence-corrected chi connectivity index (χ3v) is 12.8. The molecule has 2 fully saturated rings. The van der Waals surface area contributed by atoms with Gasteiger partial charge in [0.15, 0.2) is 5.78 Å². The first-order valence-electron chi connectivity index (χ1n) is 21.7. The summed E-state index contributed by atoms with van der Waals surface area (Å²) < 4.78 is 15.6. The quantitative estimate of drug-likeness (QED) is 0.0952. The molecule has 0 saturated carbocycles. The van der Waals surface area contributed by atoms with Crippen LogP contribution in [-0.2, 0) is 12.8 Å². The van der Waals surface area contributed by atoms with E-state index in [-0.39, 0.29) is 11.7 Å². The highest BCUT2D eigenvalue weighted by atomic mass is 16.5. The van der Waals surface area contributed by atoms with Crippen LogP contribution in [-0.4, -0.2) is 95.1 Å². The van der Waals surface area contributed by atoms with Crippen LogP contribution in [0.5, 0.6) is 11.5 Å². The van der Waals surface area contributed by atoms with Crippen LogP contribution < -0.4 is 20.9 Å². The number of methoxy groups -OCH3 is 2. The maximum absolute atomic E-state index is 11.7. The minimum absolute atomic E-state index is 0.0724. The van der Waals surface area contributed by atoms with Gasteiger partial charge >= 0.3 is 0 Å². The molecule has 0 aliphatic carbocycles. The van der Waals surface area contributed by atoms with Crippen LogP contribution in [0.3, 0.4) is 0 Å². The van der Waals surface area contributed by atoms with Crippen molar-refractivity contribution in [2.24, 2.45) is 11.5 Å². The molecule has 0 bridgehead atoms. The monoisotopic (exact) mass is 840 g/mol. The number of aliphatic hydroxyl groups is 1.